The van der Waals surface area contributed by atoms with Crippen LogP contribution >= 0.6 is 0 Å². The van der Waals surface area contributed by atoms with Crippen molar-refractivity contribution in [3.8, 4) is 0 Å². The minimum atomic E-state index is -0.370. The molecule has 0 aliphatic carbocycles. The highest BCUT2D eigenvalue weighted by atomic mass is 16.5. The molecule has 2 radical (unpaired) electrons. The van der Waals surface area contributed by atoms with Crippen molar-refractivity contribution in [1.29, 1.82) is 0 Å². The monoisotopic (exact) mass is 210 g/mol. The van der Waals surface area contributed by atoms with Gasteiger partial charge in [0, 0.05) is 6.08 Å². The molecule has 0 saturated heterocycles. The van der Waals surface area contributed by atoms with Gasteiger partial charge in [0.15, 0.2) is 0 Å². The predicted molar refractivity (Wildman–Crippen MR) is 62.9 cm³/mol. The zero-order chi connectivity index (χ0) is 11.4. The maximum absolute atomic E-state index is 10.6. The molecule has 0 aliphatic heterocycles. The van der Waals surface area contributed by atoms with Gasteiger partial charge in [-0.1, -0.05) is 52.0 Å². The Bertz CT molecular complexity index is 164. The molecule has 0 bridgehead atoms. The van der Waals surface area contributed by atoms with Gasteiger partial charge in [0.1, 0.15) is 6.61 Å². The van der Waals surface area contributed by atoms with Gasteiger partial charge < -0.3 is 4.74 Å². The van der Waals surface area contributed by atoms with E-state index in [4.69, 9.17) is 4.74 Å². The summed E-state index contributed by atoms with van der Waals surface area (Å²) in [5.74, 6) is -0.370. The van der Waals surface area contributed by atoms with Gasteiger partial charge in [0.05, 0.1) is 0 Å². The number of carbonyl (C=O) groups excluding carboxylic acids is 1. The van der Waals surface area contributed by atoms with E-state index >= 15 is 0 Å². The van der Waals surface area contributed by atoms with Crippen LogP contribution in [0.1, 0.15) is 51.4 Å². The van der Waals surface area contributed by atoms with Crippen molar-refractivity contribution in [3.63, 3.8) is 0 Å². The van der Waals surface area contributed by atoms with Crippen LogP contribution in [0.4, 0.5) is 0 Å². The number of rotatable bonds is 10. The Hall–Kier alpha value is -0.790. The second-order valence-electron chi connectivity index (χ2n) is 3.57. The van der Waals surface area contributed by atoms with Gasteiger partial charge in [-0.3, -0.25) is 0 Å². The maximum atomic E-state index is 10.6. The van der Waals surface area contributed by atoms with Crippen LogP contribution < -0.4 is 0 Å². The van der Waals surface area contributed by atoms with E-state index in [-0.39, 0.29) is 5.97 Å². The molecule has 0 rings (SSSR count). The summed E-state index contributed by atoms with van der Waals surface area (Å²) in [6.45, 7) is 8.69. The van der Waals surface area contributed by atoms with E-state index in [9.17, 15) is 4.79 Å². The van der Waals surface area contributed by atoms with E-state index in [1.54, 1.807) is 6.61 Å². The molecule has 0 heterocycles. The topological polar surface area (TPSA) is 26.3 Å². The minimum absolute atomic E-state index is 0.370. The van der Waals surface area contributed by atoms with E-state index in [2.05, 4.69) is 13.5 Å². The number of carbonyl (C=O) groups is 1. The molecule has 0 aromatic carbocycles. The normalized spacial score (nSPS) is 9.93. The van der Waals surface area contributed by atoms with E-state index in [1.807, 2.05) is 0 Å². The Morgan fingerprint density at radius 1 is 1.07 bits per heavy atom. The summed E-state index contributed by atoms with van der Waals surface area (Å²) in [6.07, 6.45) is 10.5. The Morgan fingerprint density at radius 2 is 1.67 bits per heavy atom. The van der Waals surface area contributed by atoms with Gasteiger partial charge >= 0.3 is 5.97 Å². The summed E-state index contributed by atoms with van der Waals surface area (Å²) < 4.78 is 4.75. The average molecular weight is 210 g/mol. The Labute approximate surface area is 93.7 Å². The van der Waals surface area contributed by atoms with Crippen molar-refractivity contribution in [1.82, 2.24) is 0 Å². The van der Waals surface area contributed by atoms with Crippen molar-refractivity contribution in [2.75, 3.05) is 0 Å². The fourth-order valence-electron chi connectivity index (χ4n) is 1.30. The fourth-order valence-corrected chi connectivity index (χ4v) is 1.30. The zero-order valence-electron chi connectivity index (χ0n) is 9.54. The molecule has 0 spiro atoms. The molecular formula is C13H22O2. The molecule has 0 aromatic heterocycles. The first kappa shape index (κ1) is 14.2. The predicted octanol–water partition coefficient (Wildman–Crippen LogP) is 3.83. The quantitative estimate of drug-likeness (QED) is 0.311. The lowest BCUT2D eigenvalue weighted by Gasteiger charge is -2.01. The molecule has 0 saturated carbocycles. The summed E-state index contributed by atoms with van der Waals surface area (Å²) in [4.78, 5) is 10.6. The third-order valence-electron chi connectivity index (χ3n) is 2.19. The number of esters is 1. The molecule has 86 valence electrons. The molecule has 0 aliphatic rings. The molecule has 0 N–H and O–H groups in total. The van der Waals surface area contributed by atoms with Gasteiger partial charge in [-0.05, 0) is 12.8 Å². The lowest BCUT2D eigenvalue weighted by atomic mass is 10.1. The zero-order valence-corrected chi connectivity index (χ0v) is 9.54. The van der Waals surface area contributed by atoms with Crippen LogP contribution in [0.3, 0.4) is 0 Å². The van der Waals surface area contributed by atoms with Crippen LogP contribution in [-0.2, 0) is 9.53 Å². The van der Waals surface area contributed by atoms with Crippen LogP contribution in [0.25, 0.3) is 0 Å². The van der Waals surface area contributed by atoms with E-state index in [0.717, 1.165) is 19.3 Å². The second kappa shape index (κ2) is 11.3. The van der Waals surface area contributed by atoms with Crippen LogP contribution in [0, 0.1) is 13.5 Å². The highest BCUT2D eigenvalue weighted by molar-refractivity contribution is 5.81. The third-order valence-corrected chi connectivity index (χ3v) is 2.19. The molecule has 0 amide bonds. The molecule has 0 fully saturated rings. The molecule has 15 heavy (non-hydrogen) atoms. The smallest absolute Gasteiger partial charge is 0.330 e. The number of ether oxygens (including phenoxy) is 1. The first-order chi connectivity index (χ1) is 7.31. The van der Waals surface area contributed by atoms with Crippen LogP contribution in [-0.4, -0.2) is 5.97 Å². The fraction of sp³-hybridized carbons (Fsp3) is 0.615. The molecule has 2 heteroatoms. The highest BCUT2D eigenvalue weighted by Gasteiger charge is 1.96. The van der Waals surface area contributed by atoms with Gasteiger partial charge in [-0.25, -0.2) is 4.79 Å². The van der Waals surface area contributed by atoms with Gasteiger partial charge in [0.25, 0.3) is 0 Å². The minimum Gasteiger partial charge on any atom is -0.455 e. The largest absolute Gasteiger partial charge is 0.455 e. The summed E-state index contributed by atoms with van der Waals surface area (Å²) in [5, 5.41) is 0. The summed E-state index contributed by atoms with van der Waals surface area (Å²) in [7, 11) is 0. The molecule has 0 atom stereocenters. The molecule has 0 aromatic rings. The van der Waals surface area contributed by atoms with Gasteiger partial charge in [-0.2, -0.15) is 0 Å². The van der Waals surface area contributed by atoms with Crippen molar-refractivity contribution in [3.05, 3.63) is 26.2 Å². The lowest BCUT2D eigenvalue weighted by molar-refractivity contribution is -0.134. The Kier molecular flexibility index (Phi) is 10.7. The van der Waals surface area contributed by atoms with Crippen LogP contribution in [0.5, 0.6) is 0 Å². The lowest BCUT2D eigenvalue weighted by Crippen LogP contribution is -1.96. The van der Waals surface area contributed by atoms with Gasteiger partial charge in [0.2, 0.25) is 0 Å². The Morgan fingerprint density at radius 3 is 2.27 bits per heavy atom. The average Bonchev–Trinajstić information content (AvgIpc) is 2.26. The first-order valence-corrected chi connectivity index (χ1v) is 5.75. The maximum Gasteiger partial charge on any atom is 0.330 e. The van der Waals surface area contributed by atoms with E-state index < -0.39 is 0 Å². The van der Waals surface area contributed by atoms with Crippen molar-refractivity contribution in [2.45, 2.75) is 51.4 Å². The number of unbranched alkanes of at least 4 members (excludes halogenated alkanes) is 7. The summed E-state index contributed by atoms with van der Waals surface area (Å²) in [5.41, 5.74) is 0. The van der Waals surface area contributed by atoms with Crippen LogP contribution in [0.15, 0.2) is 12.7 Å². The van der Waals surface area contributed by atoms with E-state index in [1.165, 1.54) is 38.2 Å². The standard InChI is InChI=1S/C13H22O2/c1-3-5-6-7-8-9-10-11-12-15-13(14)4-2/h4,12H,1-3,5-11H2. The highest BCUT2D eigenvalue weighted by Crippen LogP contribution is 2.09. The first-order valence-electron chi connectivity index (χ1n) is 5.75. The molecule has 0 unspecified atom stereocenters. The van der Waals surface area contributed by atoms with Gasteiger partial charge in [-0.15, -0.1) is 0 Å². The summed E-state index contributed by atoms with van der Waals surface area (Å²) in [6, 6.07) is 0. The molecular weight excluding hydrogens is 188 g/mol. The van der Waals surface area contributed by atoms with Crippen molar-refractivity contribution < 1.29 is 9.53 Å². The third kappa shape index (κ3) is 11.1. The SMILES string of the molecule is [CH2]CCCCCCCC[CH]OC(=O)C=C. The number of hydrogen-bond donors (Lipinski definition) is 0. The number of hydrogen-bond acceptors (Lipinski definition) is 2. The summed E-state index contributed by atoms with van der Waals surface area (Å²) >= 11 is 0. The Balaban J connectivity index is 2.98. The second-order valence-corrected chi connectivity index (χ2v) is 3.57. The van der Waals surface area contributed by atoms with Crippen molar-refractivity contribution >= 4 is 5.97 Å². The van der Waals surface area contributed by atoms with Crippen molar-refractivity contribution in [2.24, 2.45) is 0 Å². The van der Waals surface area contributed by atoms with E-state index in [0.29, 0.717) is 0 Å². The van der Waals surface area contributed by atoms with Crippen LogP contribution in [0.2, 0.25) is 0 Å². The molecule has 2 nitrogen and oxygen atoms in total.